The minimum Gasteiger partial charge on any atom is -0.476 e. The highest BCUT2D eigenvalue weighted by Crippen LogP contribution is 2.41. The standard InChI is InChI=1S/C38H36Cl2N6O4S/c1-25(26-10-12-28(39)13-11-26)46-24-42-34(27-7-3-2-4-8-27)36(46)33-30-15-14-29(40)23-32(30)43-35(33)37(47)44-31-9-5-16-41-38(31)50-20-6-17-45-18-21-51(48,49)22-19-45/h2-5,7-16,23-25,43H,6,17-22H2,1H3,(H,44,47). The van der Waals surface area contributed by atoms with Gasteiger partial charge in [0.2, 0.25) is 5.88 Å². The van der Waals surface area contributed by atoms with Gasteiger partial charge < -0.3 is 24.5 Å². The van der Waals surface area contributed by atoms with E-state index in [9.17, 15) is 13.2 Å². The van der Waals surface area contributed by atoms with E-state index in [-0.39, 0.29) is 17.5 Å². The second-order valence-electron chi connectivity index (χ2n) is 12.5. The molecule has 262 valence electrons. The SMILES string of the molecule is CC(c1ccc(Cl)cc1)n1cnc(-c2ccccc2)c1-c1c(C(=O)Nc2cccnc2OCCCN2CCS(=O)(=O)CC2)[nH]c2cc(Cl)ccc12. The lowest BCUT2D eigenvalue weighted by atomic mass is 9.99. The Hall–Kier alpha value is -4.68. The molecule has 0 saturated carbocycles. The number of nitrogens with one attached hydrogen (secondary N) is 2. The summed E-state index contributed by atoms with van der Waals surface area (Å²) in [4.78, 5) is 29.2. The number of rotatable bonds is 11. The molecule has 1 fully saturated rings. The Morgan fingerprint density at radius 2 is 1.71 bits per heavy atom. The Morgan fingerprint density at radius 3 is 2.47 bits per heavy atom. The number of amides is 1. The molecule has 1 unspecified atom stereocenters. The first-order chi connectivity index (χ1) is 24.7. The molecule has 13 heteroatoms. The van der Waals surface area contributed by atoms with Crippen molar-refractivity contribution in [2.45, 2.75) is 19.4 Å². The lowest BCUT2D eigenvalue weighted by molar-refractivity contribution is 0.102. The number of pyridine rings is 1. The third kappa shape index (κ3) is 7.67. The zero-order valence-corrected chi connectivity index (χ0v) is 30.2. The van der Waals surface area contributed by atoms with Crippen LogP contribution in [-0.4, -0.2) is 76.5 Å². The number of hydrogen-bond acceptors (Lipinski definition) is 7. The van der Waals surface area contributed by atoms with E-state index in [1.807, 2.05) is 73.1 Å². The fraction of sp³-hybridized carbons (Fsp3) is 0.237. The van der Waals surface area contributed by atoms with E-state index in [0.717, 1.165) is 27.9 Å². The van der Waals surface area contributed by atoms with Crippen LogP contribution in [0.1, 0.15) is 35.4 Å². The molecule has 3 aromatic heterocycles. The van der Waals surface area contributed by atoms with Crippen LogP contribution in [0.3, 0.4) is 0 Å². The number of sulfone groups is 1. The van der Waals surface area contributed by atoms with E-state index in [4.69, 9.17) is 32.9 Å². The Morgan fingerprint density at radius 1 is 0.961 bits per heavy atom. The first-order valence-electron chi connectivity index (χ1n) is 16.7. The fourth-order valence-corrected chi connectivity index (χ4v) is 7.99. The third-order valence-corrected chi connectivity index (χ3v) is 11.2. The summed E-state index contributed by atoms with van der Waals surface area (Å²) in [6.07, 6.45) is 4.10. The van der Waals surface area contributed by atoms with Crippen LogP contribution in [0.4, 0.5) is 5.69 Å². The lowest BCUT2D eigenvalue weighted by Crippen LogP contribution is -2.40. The van der Waals surface area contributed by atoms with Gasteiger partial charge >= 0.3 is 0 Å². The van der Waals surface area contributed by atoms with Crippen LogP contribution in [0.25, 0.3) is 33.4 Å². The number of imidazole rings is 1. The van der Waals surface area contributed by atoms with Crippen LogP contribution >= 0.6 is 23.2 Å². The zero-order chi connectivity index (χ0) is 35.5. The highest BCUT2D eigenvalue weighted by molar-refractivity contribution is 7.91. The van der Waals surface area contributed by atoms with Gasteiger partial charge in [-0.15, -0.1) is 0 Å². The number of aromatic nitrogens is 4. The van der Waals surface area contributed by atoms with E-state index in [1.165, 1.54) is 0 Å². The number of carbonyl (C=O) groups is 1. The molecular formula is C38H36Cl2N6O4S. The average molecular weight is 744 g/mol. The maximum atomic E-state index is 14.4. The average Bonchev–Trinajstić information content (AvgIpc) is 3.73. The number of halogens is 2. The summed E-state index contributed by atoms with van der Waals surface area (Å²) < 4.78 is 31.7. The van der Waals surface area contributed by atoms with Gasteiger partial charge in [-0.05, 0) is 55.3 Å². The summed E-state index contributed by atoms with van der Waals surface area (Å²) in [6.45, 7) is 4.18. The molecule has 1 saturated heterocycles. The van der Waals surface area contributed by atoms with Crippen molar-refractivity contribution < 1.29 is 17.9 Å². The summed E-state index contributed by atoms with van der Waals surface area (Å²) in [5.41, 5.74) is 5.51. The molecule has 0 spiro atoms. The van der Waals surface area contributed by atoms with Gasteiger partial charge in [-0.3, -0.25) is 4.79 Å². The number of carbonyl (C=O) groups excluding carboxylic acids is 1. The molecular weight excluding hydrogens is 707 g/mol. The van der Waals surface area contributed by atoms with Crippen molar-refractivity contribution in [1.82, 2.24) is 24.4 Å². The number of fused-ring (bicyclic) bond motifs is 1. The molecule has 2 N–H and O–H groups in total. The molecule has 6 aromatic rings. The first kappa shape index (κ1) is 34.8. The monoisotopic (exact) mass is 742 g/mol. The number of hydrogen-bond donors (Lipinski definition) is 2. The molecule has 51 heavy (non-hydrogen) atoms. The smallest absolute Gasteiger partial charge is 0.272 e. The predicted molar refractivity (Wildman–Crippen MR) is 203 cm³/mol. The number of ether oxygens (including phenoxy) is 1. The summed E-state index contributed by atoms with van der Waals surface area (Å²) >= 11 is 12.7. The molecule has 0 bridgehead atoms. The zero-order valence-electron chi connectivity index (χ0n) is 27.9. The fourth-order valence-electron chi connectivity index (χ4n) is 6.41. The van der Waals surface area contributed by atoms with Crippen LogP contribution in [0.15, 0.2) is 97.5 Å². The molecule has 1 aliphatic heterocycles. The van der Waals surface area contributed by atoms with Gasteiger partial charge in [0.05, 0.1) is 41.9 Å². The minimum absolute atomic E-state index is 0.164. The molecule has 10 nitrogen and oxygen atoms in total. The molecule has 4 heterocycles. The normalized spacial score (nSPS) is 15.1. The maximum absolute atomic E-state index is 14.4. The number of aromatic amines is 1. The Labute approximate surface area is 306 Å². The number of anilines is 1. The van der Waals surface area contributed by atoms with Crippen LogP contribution < -0.4 is 10.1 Å². The summed E-state index contributed by atoms with van der Waals surface area (Å²) in [5.74, 6) is 0.259. The van der Waals surface area contributed by atoms with Gasteiger partial charge in [0.15, 0.2) is 9.84 Å². The molecule has 1 amide bonds. The van der Waals surface area contributed by atoms with Crippen molar-refractivity contribution in [3.63, 3.8) is 0 Å². The molecule has 7 rings (SSSR count). The Balaban J connectivity index is 1.23. The summed E-state index contributed by atoms with van der Waals surface area (Å²) in [6, 6.07) is 26.4. The molecule has 0 radical (unpaired) electrons. The predicted octanol–water partition coefficient (Wildman–Crippen LogP) is 7.76. The Kier molecular flexibility index (Phi) is 10.1. The lowest BCUT2D eigenvalue weighted by Gasteiger charge is -2.26. The number of nitrogens with zero attached hydrogens (tertiary/aromatic N) is 4. The van der Waals surface area contributed by atoms with Gasteiger partial charge in [0.25, 0.3) is 5.91 Å². The van der Waals surface area contributed by atoms with Crippen molar-refractivity contribution in [2.75, 3.05) is 43.1 Å². The molecule has 0 aliphatic carbocycles. The third-order valence-electron chi connectivity index (χ3n) is 9.15. The molecule has 1 aliphatic rings. The van der Waals surface area contributed by atoms with Crippen LogP contribution in [0.5, 0.6) is 5.88 Å². The van der Waals surface area contributed by atoms with Crippen molar-refractivity contribution in [2.24, 2.45) is 0 Å². The number of H-pyrrole nitrogens is 1. The Bertz CT molecular complexity index is 2280. The second kappa shape index (κ2) is 14.9. The van der Waals surface area contributed by atoms with Crippen molar-refractivity contribution in [3.05, 3.63) is 119 Å². The van der Waals surface area contributed by atoms with Crippen molar-refractivity contribution in [1.29, 1.82) is 0 Å². The van der Waals surface area contributed by atoms with Crippen LogP contribution in [-0.2, 0) is 9.84 Å². The second-order valence-corrected chi connectivity index (χ2v) is 15.7. The van der Waals surface area contributed by atoms with E-state index >= 15 is 0 Å². The van der Waals surface area contributed by atoms with Gasteiger partial charge in [-0.1, -0.05) is 71.7 Å². The minimum atomic E-state index is -2.94. The van der Waals surface area contributed by atoms with Gasteiger partial charge in [-0.2, -0.15) is 0 Å². The highest BCUT2D eigenvalue weighted by Gasteiger charge is 2.28. The van der Waals surface area contributed by atoms with Gasteiger partial charge in [-0.25, -0.2) is 18.4 Å². The van der Waals surface area contributed by atoms with E-state index in [2.05, 4.69) is 31.7 Å². The summed E-state index contributed by atoms with van der Waals surface area (Å²) in [7, 11) is -2.94. The van der Waals surface area contributed by atoms with E-state index in [1.54, 1.807) is 24.4 Å². The quantitative estimate of drug-likeness (QED) is 0.130. The maximum Gasteiger partial charge on any atom is 0.272 e. The largest absolute Gasteiger partial charge is 0.476 e. The highest BCUT2D eigenvalue weighted by atomic mass is 35.5. The van der Waals surface area contributed by atoms with Crippen LogP contribution in [0.2, 0.25) is 10.0 Å². The van der Waals surface area contributed by atoms with Gasteiger partial charge in [0, 0.05) is 57.9 Å². The number of benzene rings is 3. The molecule has 1 atom stereocenters. The van der Waals surface area contributed by atoms with Crippen molar-refractivity contribution >= 4 is 55.5 Å². The van der Waals surface area contributed by atoms with Gasteiger partial charge in [0.1, 0.15) is 11.4 Å². The van der Waals surface area contributed by atoms with Crippen molar-refractivity contribution in [3.8, 4) is 28.4 Å². The molecule has 3 aromatic carbocycles. The van der Waals surface area contributed by atoms with E-state index < -0.39 is 15.7 Å². The topological polar surface area (TPSA) is 122 Å². The first-order valence-corrected chi connectivity index (χ1v) is 19.3. The van der Waals surface area contributed by atoms with E-state index in [0.29, 0.717) is 71.0 Å². The summed E-state index contributed by atoms with van der Waals surface area (Å²) in [5, 5.41) is 5.02. The van der Waals surface area contributed by atoms with Crippen LogP contribution in [0, 0.1) is 0 Å².